The summed E-state index contributed by atoms with van der Waals surface area (Å²) in [6.45, 7) is 2.05. The third-order valence-corrected chi connectivity index (χ3v) is 7.57. The molecule has 1 atom stereocenters. The van der Waals surface area contributed by atoms with E-state index in [1.165, 1.54) is 38.9 Å². The maximum atomic E-state index is 6.81. The second kappa shape index (κ2) is 7.47. The van der Waals surface area contributed by atoms with Gasteiger partial charge in [-0.05, 0) is 75.9 Å². The van der Waals surface area contributed by atoms with Crippen molar-refractivity contribution in [2.24, 2.45) is 5.73 Å². The lowest BCUT2D eigenvalue weighted by atomic mass is 9.93. The van der Waals surface area contributed by atoms with Gasteiger partial charge in [-0.3, -0.25) is 4.90 Å². The van der Waals surface area contributed by atoms with Gasteiger partial charge < -0.3 is 10.6 Å². The van der Waals surface area contributed by atoms with E-state index in [-0.39, 0.29) is 5.66 Å². The number of hydrogen-bond acceptors (Lipinski definition) is 5. The lowest BCUT2D eigenvalue weighted by Gasteiger charge is -2.44. The average molecular weight is 386 g/mol. The molecule has 2 aromatic carbocycles. The topological polar surface area (TPSA) is 32.5 Å². The van der Waals surface area contributed by atoms with Crippen LogP contribution in [-0.2, 0) is 0 Å². The molecule has 0 aliphatic carbocycles. The zero-order valence-corrected chi connectivity index (χ0v) is 17.2. The van der Waals surface area contributed by atoms with Crippen LogP contribution >= 0.6 is 23.5 Å². The molecule has 0 saturated carbocycles. The van der Waals surface area contributed by atoms with Gasteiger partial charge in [0.05, 0.1) is 17.0 Å². The van der Waals surface area contributed by atoms with Gasteiger partial charge in [0.1, 0.15) is 0 Å². The van der Waals surface area contributed by atoms with Gasteiger partial charge in [-0.25, -0.2) is 0 Å². The fraction of sp³-hybridized carbons (Fsp3) is 0.429. The number of thioether (sulfide) groups is 1. The van der Waals surface area contributed by atoms with Crippen LogP contribution in [0.3, 0.4) is 0 Å². The van der Waals surface area contributed by atoms with Crippen LogP contribution in [0.1, 0.15) is 25.7 Å². The summed E-state index contributed by atoms with van der Waals surface area (Å²) in [7, 11) is 2.18. The summed E-state index contributed by atoms with van der Waals surface area (Å²) in [5.41, 5.74) is 9.25. The highest BCUT2D eigenvalue weighted by Crippen LogP contribution is 2.49. The maximum absolute atomic E-state index is 6.81. The van der Waals surface area contributed by atoms with Crippen LogP contribution in [0, 0.1) is 0 Å². The first-order valence-corrected chi connectivity index (χ1v) is 11.4. The van der Waals surface area contributed by atoms with Gasteiger partial charge in [0.2, 0.25) is 0 Å². The van der Waals surface area contributed by atoms with Crippen molar-refractivity contribution in [2.45, 2.75) is 46.0 Å². The SMILES string of the molecule is CSc1ccc2c(c1)N(CC[C@]1(N)CCCCN1C)c1ccccc1S2. The number of hydrogen-bond donors (Lipinski definition) is 1. The summed E-state index contributed by atoms with van der Waals surface area (Å²) < 4.78 is 0. The lowest BCUT2D eigenvalue weighted by molar-refractivity contribution is 0.0723. The number of fused-ring (bicyclic) bond motifs is 2. The number of anilines is 2. The Bertz CT molecular complexity index is 795. The second-order valence-corrected chi connectivity index (χ2v) is 9.25. The number of benzene rings is 2. The molecule has 26 heavy (non-hydrogen) atoms. The van der Waals surface area contributed by atoms with Gasteiger partial charge in [-0.2, -0.15) is 0 Å². The molecule has 0 amide bonds. The van der Waals surface area contributed by atoms with Gasteiger partial charge in [-0.1, -0.05) is 23.9 Å². The molecule has 2 aliphatic rings. The first-order chi connectivity index (χ1) is 12.6. The van der Waals surface area contributed by atoms with Crippen LogP contribution in [0.4, 0.5) is 11.4 Å². The number of nitrogens with two attached hydrogens (primary N) is 1. The summed E-state index contributed by atoms with van der Waals surface area (Å²) in [5.74, 6) is 0. The minimum absolute atomic E-state index is 0.185. The van der Waals surface area contributed by atoms with Crippen LogP contribution in [0.25, 0.3) is 0 Å². The van der Waals surface area contributed by atoms with Crippen molar-refractivity contribution in [2.75, 3.05) is 31.3 Å². The van der Waals surface area contributed by atoms with Gasteiger partial charge in [-0.15, -0.1) is 11.8 Å². The number of rotatable bonds is 4. The first kappa shape index (κ1) is 18.2. The minimum Gasteiger partial charge on any atom is -0.339 e. The van der Waals surface area contributed by atoms with Gasteiger partial charge in [0, 0.05) is 21.2 Å². The molecule has 1 saturated heterocycles. The van der Waals surface area contributed by atoms with Gasteiger partial charge in [0.15, 0.2) is 0 Å². The van der Waals surface area contributed by atoms with Crippen molar-refractivity contribution in [3.05, 3.63) is 42.5 Å². The summed E-state index contributed by atoms with van der Waals surface area (Å²) in [6, 6.07) is 15.6. The Morgan fingerprint density at radius 3 is 2.73 bits per heavy atom. The summed E-state index contributed by atoms with van der Waals surface area (Å²) >= 11 is 3.68. The Morgan fingerprint density at radius 2 is 1.92 bits per heavy atom. The predicted octanol–water partition coefficient (Wildman–Crippen LogP) is 5.17. The van der Waals surface area contributed by atoms with E-state index in [4.69, 9.17) is 5.73 Å². The molecule has 2 aliphatic heterocycles. The molecule has 0 unspecified atom stereocenters. The molecule has 2 heterocycles. The molecule has 3 nitrogen and oxygen atoms in total. The van der Waals surface area contributed by atoms with Crippen molar-refractivity contribution in [1.29, 1.82) is 0 Å². The summed E-state index contributed by atoms with van der Waals surface area (Å²) in [5, 5.41) is 0. The smallest absolute Gasteiger partial charge is 0.0701 e. The average Bonchev–Trinajstić information content (AvgIpc) is 2.67. The quantitative estimate of drug-likeness (QED) is 0.734. The highest BCUT2D eigenvalue weighted by molar-refractivity contribution is 8.00. The monoisotopic (exact) mass is 385 g/mol. The molecule has 0 bridgehead atoms. The molecule has 0 spiro atoms. The van der Waals surface area contributed by atoms with E-state index >= 15 is 0 Å². The van der Waals surface area contributed by atoms with E-state index in [1.54, 1.807) is 11.8 Å². The van der Waals surface area contributed by atoms with E-state index in [2.05, 4.69) is 65.6 Å². The first-order valence-electron chi connectivity index (χ1n) is 9.33. The van der Waals surface area contributed by atoms with Crippen LogP contribution in [0.2, 0.25) is 0 Å². The highest BCUT2D eigenvalue weighted by atomic mass is 32.2. The molecule has 2 N–H and O–H groups in total. The van der Waals surface area contributed by atoms with E-state index < -0.39 is 0 Å². The van der Waals surface area contributed by atoms with Crippen molar-refractivity contribution < 1.29 is 0 Å². The van der Waals surface area contributed by atoms with E-state index in [0.29, 0.717) is 0 Å². The van der Waals surface area contributed by atoms with Crippen LogP contribution in [-0.4, -0.2) is 37.0 Å². The Morgan fingerprint density at radius 1 is 1.12 bits per heavy atom. The Kier molecular flexibility index (Phi) is 5.24. The maximum Gasteiger partial charge on any atom is 0.0701 e. The number of nitrogens with zero attached hydrogens (tertiary/aromatic N) is 2. The normalized spacial score (nSPS) is 22.8. The second-order valence-electron chi connectivity index (χ2n) is 7.29. The van der Waals surface area contributed by atoms with Gasteiger partial charge in [0.25, 0.3) is 0 Å². The number of piperidine rings is 1. The Hall–Kier alpha value is -1.14. The van der Waals surface area contributed by atoms with Crippen molar-refractivity contribution in [1.82, 2.24) is 4.90 Å². The Labute approximate surface area is 165 Å². The fourth-order valence-corrected chi connectivity index (χ4v) is 5.50. The molecule has 0 aromatic heterocycles. The van der Waals surface area contributed by atoms with Crippen LogP contribution in [0.5, 0.6) is 0 Å². The van der Waals surface area contributed by atoms with Crippen molar-refractivity contribution in [3.63, 3.8) is 0 Å². The van der Waals surface area contributed by atoms with E-state index in [9.17, 15) is 0 Å². The van der Waals surface area contributed by atoms with E-state index in [1.807, 2.05) is 11.8 Å². The lowest BCUT2D eigenvalue weighted by Crippen LogP contribution is -2.57. The van der Waals surface area contributed by atoms with Gasteiger partial charge >= 0.3 is 0 Å². The molecular weight excluding hydrogens is 358 g/mol. The summed E-state index contributed by atoms with van der Waals surface area (Å²) in [4.78, 5) is 8.83. The largest absolute Gasteiger partial charge is 0.339 e. The molecule has 4 rings (SSSR count). The third kappa shape index (κ3) is 3.38. The number of para-hydroxylation sites is 1. The number of likely N-dealkylation sites (tertiary alicyclic amines) is 1. The third-order valence-electron chi connectivity index (χ3n) is 5.71. The van der Waals surface area contributed by atoms with E-state index in [0.717, 1.165) is 25.9 Å². The molecule has 2 aromatic rings. The standard InChI is InChI=1S/C21H27N3S2/c1-23-13-6-5-11-21(23,22)12-14-24-17-7-3-4-8-19(17)26-20-10-9-16(25-2)15-18(20)24/h3-4,7-10,15H,5-6,11-14,22H2,1-2H3/t21-/m0/s1. The molecule has 138 valence electrons. The van der Waals surface area contributed by atoms with Crippen LogP contribution in [0.15, 0.2) is 57.2 Å². The predicted molar refractivity (Wildman–Crippen MR) is 114 cm³/mol. The zero-order chi connectivity index (χ0) is 18.1. The molecule has 5 heteroatoms. The van der Waals surface area contributed by atoms with Crippen molar-refractivity contribution in [3.8, 4) is 0 Å². The zero-order valence-electron chi connectivity index (χ0n) is 15.6. The molecular formula is C21H27N3S2. The Balaban J connectivity index is 1.66. The minimum atomic E-state index is -0.185. The highest BCUT2D eigenvalue weighted by Gasteiger charge is 2.34. The summed E-state index contributed by atoms with van der Waals surface area (Å²) in [6.07, 6.45) is 6.71. The molecule has 1 fully saturated rings. The van der Waals surface area contributed by atoms with Crippen LogP contribution < -0.4 is 10.6 Å². The fourth-order valence-electron chi connectivity index (χ4n) is 3.99. The molecule has 0 radical (unpaired) electrons. The van der Waals surface area contributed by atoms with Crippen molar-refractivity contribution >= 4 is 34.9 Å².